The first-order valence-electron chi connectivity index (χ1n) is 8.87. The summed E-state index contributed by atoms with van der Waals surface area (Å²) in [7, 11) is 0. The molecule has 136 valence electrons. The largest absolute Gasteiger partial charge is 0.478 e. The molecule has 0 radical (unpaired) electrons. The van der Waals surface area contributed by atoms with Crippen molar-refractivity contribution in [1.82, 2.24) is 5.32 Å². The Morgan fingerprint density at radius 3 is 1.85 bits per heavy atom. The lowest BCUT2D eigenvalue weighted by molar-refractivity contribution is -0.131. The van der Waals surface area contributed by atoms with E-state index < -0.39 is 17.3 Å². The molecule has 0 aliphatic rings. The predicted molar refractivity (Wildman–Crippen MR) is 103 cm³/mol. The molecule has 2 rings (SSSR count). The Balaban J connectivity index is 2.51. The minimum absolute atomic E-state index is 0.178. The van der Waals surface area contributed by atoms with E-state index in [9.17, 15) is 9.59 Å². The van der Waals surface area contributed by atoms with Crippen molar-refractivity contribution in [3.05, 3.63) is 83.9 Å². The van der Waals surface area contributed by atoms with Gasteiger partial charge in [-0.1, -0.05) is 74.5 Å². The fourth-order valence-electron chi connectivity index (χ4n) is 3.64. The molecule has 26 heavy (non-hydrogen) atoms. The van der Waals surface area contributed by atoms with Crippen LogP contribution in [-0.4, -0.2) is 23.0 Å². The van der Waals surface area contributed by atoms with E-state index in [4.69, 9.17) is 5.11 Å². The molecule has 0 saturated carbocycles. The smallest absolute Gasteiger partial charge is 0.328 e. The third-order valence-electron chi connectivity index (χ3n) is 4.83. The highest BCUT2D eigenvalue weighted by molar-refractivity contribution is 5.94. The zero-order valence-corrected chi connectivity index (χ0v) is 15.2. The van der Waals surface area contributed by atoms with Crippen LogP contribution in [0.2, 0.25) is 0 Å². The van der Waals surface area contributed by atoms with Gasteiger partial charge in [0.15, 0.2) is 0 Å². The fourth-order valence-corrected chi connectivity index (χ4v) is 3.64. The molecule has 1 amide bonds. The van der Waals surface area contributed by atoms with E-state index in [0.29, 0.717) is 6.42 Å². The quantitative estimate of drug-likeness (QED) is 0.709. The molecule has 4 heteroatoms. The average Bonchev–Trinajstić information content (AvgIpc) is 2.68. The van der Waals surface area contributed by atoms with Gasteiger partial charge in [-0.25, -0.2) is 4.79 Å². The van der Waals surface area contributed by atoms with E-state index >= 15 is 0 Å². The molecule has 1 unspecified atom stereocenters. The van der Waals surface area contributed by atoms with Gasteiger partial charge in [0.05, 0.1) is 0 Å². The molecular formula is C22H25NO3. The Kier molecular flexibility index (Phi) is 6.73. The maximum atomic E-state index is 12.3. The van der Waals surface area contributed by atoms with E-state index in [1.54, 1.807) is 0 Å². The number of rotatable bonds is 8. The summed E-state index contributed by atoms with van der Waals surface area (Å²) in [5.74, 6) is -1.54. The molecule has 0 aliphatic carbocycles. The molecule has 0 aromatic heterocycles. The van der Waals surface area contributed by atoms with Gasteiger partial charge in [-0.3, -0.25) is 4.79 Å². The summed E-state index contributed by atoms with van der Waals surface area (Å²) in [6, 6.07) is 20.1. The second kappa shape index (κ2) is 8.99. The lowest BCUT2D eigenvalue weighted by Gasteiger charge is -2.41. The molecule has 0 spiro atoms. The van der Waals surface area contributed by atoms with Gasteiger partial charge in [0, 0.05) is 23.6 Å². The molecule has 0 bridgehead atoms. The first-order valence-corrected chi connectivity index (χ1v) is 8.87. The molecule has 4 nitrogen and oxygen atoms in total. The highest BCUT2D eigenvalue weighted by Crippen LogP contribution is 2.40. The number of carbonyl (C=O) groups excluding carboxylic acids is 1. The summed E-state index contributed by atoms with van der Waals surface area (Å²) in [6.07, 6.45) is 3.44. The van der Waals surface area contributed by atoms with Crippen molar-refractivity contribution >= 4 is 11.9 Å². The van der Waals surface area contributed by atoms with Crippen LogP contribution in [0.15, 0.2) is 72.8 Å². The third kappa shape index (κ3) is 4.20. The second-order valence-corrected chi connectivity index (χ2v) is 6.20. The Labute approximate surface area is 154 Å². The number of hydrogen-bond donors (Lipinski definition) is 2. The summed E-state index contributed by atoms with van der Waals surface area (Å²) < 4.78 is 0. The van der Waals surface area contributed by atoms with Gasteiger partial charge in [-0.05, 0) is 24.0 Å². The van der Waals surface area contributed by atoms with Crippen LogP contribution in [0.25, 0.3) is 0 Å². The van der Waals surface area contributed by atoms with E-state index in [1.165, 1.54) is 0 Å². The van der Waals surface area contributed by atoms with Crippen LogP contribution < -0.4 is 5.32 Å². The Bertz CT molecular complexity index is 714. The molecule has 0 aliphatic heterocycles. The monoisotopic (exact) mass is 351 g/mol. The topological polar surface area (TPSA) is 66.4 Å². The first kappa shape index (κ1) is 19.4. The maximum absolute atomic E-state index is 12.3. The zero-order chi connectivity index (χ0) is 19.0. The molecule has 2 N–H and O–H groups in total. The molecule has 1 atom stereocenters. The highest BCUT2D eigenvalue weighted by Gasteiger charge is 2.40. The summed E-state index contributed by atoms with van der Waals surface area (Å²) in [5, 5.41) is 11.8. The summed E-state index contributed by atoms with van der Waals surface area (Å²) in [6.45, 7) is 4.14. The lowest BCUT2D eigenvalue weighted by Crippen LogP contribution is -2.50. The number of benzene rings is 2. The van der Waals surface area contributed by atoms with E-state index in [1.807, 2.05) is 43.3 Å². The van der Waals surface area contributed by atoms with E-state index in [2.05, 4.69) is 36.5 Å². The number of aliphatic carboxylic acids is 1. The standard InChI is InChI=1S/C22H25NO3/c1-3-19(23-20(24)15-16-21(25)26)22(4-2,17-11-7-5-8-12-17)18-13-9-6-10-14-18/h5-16,19H,3-4H2,1-2H3,(H,23,24)(H,25,26)/b16-15-. The third-order valence-corrected chi connectivity index (χ3v) is 4.83. The summed E-state index contributed by atoms with van der Waals surface area (Å²) in [4.78, 5) is 23.0. The van der Waals surface area contributed by atoms with E-state index in [-0.39, 0.29) is 6.04 Å². The van der Waals surface area contributed by atoms with Crippen LogP contribution in [-0.2, 0) is 15.0 Å². The fraction of sp³-hybridized carbons (Fsp3) is 0.273. The normalized spacial score (nSPS) is 12.7. The van der Waals surface area contributed by atoms with Crippen LogP contribution in [0.5, 0.6) is 0 Å². The Hall–Kier alpha value is -2.88. The van der Waals surface area contributed by atoms with Crippen molar-refractivity contribution in [2.45, 2.75) is 38.1 Å². The lowest BCUT2D eigenvalue weighted by atomic mass is 9.66. The van der Waals surface area contributed by atoms with Crippen molar-refractivity contribution in [2.75, 3.05) is 0 Å². The van der Waals surface area contributed by atoms with Gasteiger partial charge in [0.1, 0.15) is 0 Å². The molecule has 2 aromatic carbocycles. The zero-order valence-electron chi connectivity index (χ0n) is 15.2. The molecular weight excluding hydrogens is 326 g/mol. The number of carboxylic acids is 1. The Morgan fingerprint density at radius 1 is 0.962 bits per heavy atom. The van der Waals surface area contributed by atoms with Gasteiger partial charge in [-0.15, -0.1) is 0 Å². The Morgan fingerprint density at radius 2 is 1.46 bits per heavy atom. The second-order valence-electron chi connectivity index (χ2n) is 6.20. The molecule has 2 aromatic rings. The van der Waals surface area contributed by atoms with Crippen LogP contribution in [0.1, 0.15) is 37.8 Å². The summed E-state index contributed by atoms with van der Waals surface area (Å²) >= 11 is 0. The minimum Gasteiger partial charge on any atom is -0.478 e. The van der Waals surface area contributed by atoms with Crippen molar-refractivity contribution in [3.8, 4) is 0 Å². The van der Waals surface area contributed by atoms with Gasteiger partial charge in [-0.2, -0.15) is 0 Å². The maximum Gasteiger partial charge on any atom is 0.328 e. The van der Waals surface area contributed by atoms with Crippen molar-refractivity contribution < 1.29 is 14.7 Å². The predicted octanol–water partition coefficient (Wildman–Crippen LogP) is 3.92. The summed E-state index contributed by atoms with van der Waals surface area (Å²) in [5.41, 5.74) is 1.86. The number of carbonyl (C=O) groups is 2. The average molecular weight is 351 g/mol. The number of carboxylic acid groups (broad SMARTS) is 1. The van der Waals surface area contributed by atoms with Crippen LogP contribution >= 0.6 is 0 Å². The van der Waals surface area contributed by atoms with E-state index in [0.717, 1.165) is 29.7 Å². The van der Waals surface area contributed by atoms with Crippen molar-refractivity contribution in [1.29, 1.82) is 0 Å². The molecule has 0 heterocycles. The SMILES string of the molecule is CCC(NC(=O)/C=C\C(=O)O)C(CC)(c1ccccc1)c1ccccc1. The highest BCUT2D eigenvalue weighted by atomic mass is 16.4. The molecule has 0 fully saturated rings. The van der Waals surface area contributed by atoms with Crippen LogP contribution in [0.4, 0.5) is 0 Å². The van der Waals surface area contributed by atoms with Crippen molar-refractivity contribution in [2.24, 2.45) is 0 Å². The molecule has 0 saturated heterocycles. The van der Waals surface area contributed by atoms with Gasteiger partial charge >= 0.3 is 5.97 Å². The van der Waals surface area contributed by atoms with Gasteiger partial charge in [0.2, 0.25) is 5.91 Å². The first-order chi connectivity index (χ1) is 12.5. The van der Waals surface area contributed by atoms with Crippen LogP contribution in [0.3, 0.4) is 0 Å². The number of amides is 1. The van der Waals surface area contributed by atoms with Gasteiger partial charge < -0.3 is 10.4 Å². The van der Waals surface area contributed by atoms with Gasteiger partial charge in [0.25, 0.3) is 0 Å². The van der Waals surface area contributed by atoms with Crippen molar-refractivity contribution in [3.63, 3.8) is 0 Å². The minimum atomic E-state index is -1.14. The van der Waals surface area contributed by atoms with Crippen LogP contribution in [0, 0.1) is 0 Å². The number of nitrogens with one attached hydrogen (secondary N) is 1. The number of hydrogen-bond acceptors (Lipinski definition) is 2.